The van der Waals surface area contributed by atoms with Gasteiger partial charge in [0.25, 0.3) is 0 Å². The van der Waals surface area contributed by atoms with Gasteiger partial charge in [-0.1, -0.05) is 48.5 Å². The molecule has 0 unspecified atom stereocenters. The van der Waals surface area contributed by atoms with Crippen LogP contribution in [0.2, 0.25) is 0 Å². The molecular formula is C20H20N2O2S. The highest BCUT2D eigenvalue weighted by Gasteiger charge is 2.15. The number of nitrogens with zero attached hydrogens (tertiary/aromatic N) is 1. The van der Waals surface area contributed by atoms with Gasteiger partial charge in [0.15, 0.2) is 0 Å². The Balaban J connectivity index is 1.64. The molecule has 1 amide bonds. The molecule has 1 heterocycles. The van der Waals surface area contributed by atoms with Gasteiger partial charge in [-0.2, -0.15) is 0 Å². The first-order valence-electron chi connectivity index (χ1n) is 8.09. The Kier molecular flexibility index (Phi) is 5.46. The van der Waals surface area contributed by atoms with Gasteiger partial charge in [0.05, 0.1) is 25.3 Å². The molecule has 3 aromatic rings. The molecule has 0 saturated carbocycles. The van der Waals surface area contributed by atoms with Crippen LogP contribution in [0.1, 0.15) is 24.2 Å². The summed E-state index contributed by atoms with van der Waals surface area (Å²) in [6.45, 7) is 1.95. The molecule has 25 heavy (non-hydrogen) atoms. The fraction of sp³-hybridized carbons (Fsp3) is 0.200. The Labute approximate surface area is 151 Å². The molecule has 1 aromatic heterocycles. The molecule has 0 bridgehead atoms. The maximum Gasteiger partial charge on any atom is 0.226 e. The second-order valence-electron chi connectivity index (χ2n) is 5.72. The number of nitrogens with one attached hydrogen (secondary N) is 1. The quantitative estimate of drug-likeness (QED) is 0.722. The highest BCUT2D eigenvalue weighted by Crippen LogP contribution is 2.25. The standard InChI is InChI=1S/C20H20N2O2S/c1-14(17-10-6-7-11-18(17)24-2)21-19(23)12-16-13-25-20(22-16)15-8-4-3-5-9-15/h3-11,13-14H,12H2,1-2H3,(H,21,23)/t14-/m0/s1. The first-order chi connectivity index (χ1) is 12.2. The van der Waals surface area contributed by atoms with Crippen molar-refractivity contribution >= 4 is 17.2 Å². The van der Waals surface area contributed by atoms with E-state index < -0.39 is 0 Å². The van der Waals surface area contributed by atoms with E-state index in [1.807, 2.05) is 66.9 Å². The number of benzene rings is 2. The second kappa shape index (κ2) is 7.94. The van der Waals surface area contributed by atoms with Crippen LogP contribution in [0.15, 0.2) is 60.0 Å². The second-order valence-corrected chi connectivity index (χ2v) is 6.58. The van der Waals surface area contributed by atoms with Crippen LogP contribution in [0.5, 0.6) is 5.75 Å². The number of ether oxygens (including phenoxy) is 1. The van der Waals surface area contributed by atoms with Crippen LogP contribution in [0, 0.1) is 0 Å². The number of hydrogen-bond donors (Lipinski definition) is 1. The van der Waals surface area contributed by atoms with Gasteiger partial charge in [0.1, 0.15) is 10.8 Å². The summed E-state index contributed by atoms with van der Waals surface area (Å²) in [5.41, 5.74) is 2.82. The fourth-order valence-corrected chi connectivity index (χ4v) is 3.49. The van der Waals surface area contributed by atoms with E-state index in [-0.39, 0.29) is 18.4 Å². The number of rotatable bonds is 6. The summed E-state index contributed by atoms with van der Waals surface area (Å²) in [7, 11) is 1.63. The molecule has 5 heteroatoms. The monoisotopic (exact) mass is 352 g/mol. The van der Waals surface area contributed by atoms with Crippen molar-refractivity contribution in [2.75, 3.05) is 7.11 Å². The summed E-state index contributed by atoms with van der Waals surface area (Å²) in [6.07, 6.45) is 0.267. The predicted octanol–water partition coefficient (Wildman–Crippen LogP) is 4.24. The highest BCUT2D eigenvalue weighted by molar-refractivity contribution is 7.13. The SMILES string of the molecule is COc1ccccc1[C@H](C)NC(=O)Cc1csc(-c2ccccc2)n1. The van der Waals surface area contributed by atoms with Crippen LogP contribution in [0.25, 0.3) is 10.6 Å². The first kappa shape index (κ1) is 17.2. The lowest BCUT2D eigenvalue weighted by atomic mass is 10.1. The summed E-state index contributed by atoms with van der Waals surface area (Å²) < 4.78 is 5.36. The number of aromatic nitrogens is 1. The van der Waals surface area contributed by atoms with Crippen molar-refractivity contribution < 1.29 is 9.53 Å². The van der Waals surface area contributed by atoms with Crippen LogP contribution >= 0.6 is 11.3 Å². The number of thiazole rings is 1. The molecule has 3 rings (SSSR count). The predicted molar refractivity (Wildman–Crippen MR) is 101 cm³/mol. The van der Waals surface area contributed by atoms with Crippen LogP contribution in [0.3, 0.4) is 0 Å². The lowest BCUT2D eigenvalue weighted by Gasteiger charge is -2.17. The normalized spacial score (nSPS) is 11.8. The molecule has 0 aliphatic rings. The van der Waals surface area contributed by atoms with Gasteiger partial charge in [-0.25, -0.2) is 4.98 Å². The average Bonchev–Trinajstić information content (AvgIpc) is 3.10. The third kappa shape index (κ3) is 4.25. The number of amides is 1. The molecule has 0 radical (unpaired) electrons. The van der Waals surface area contributed by atoms with Crippen LogP contribution in [0.4, 0.5) is 0 Å². The molecule has 4 nitrogen and oxygen atoms in total. The number of hydrogen-bond acceptors (Lipinski definition) is 4. The molecule has 0 aliphatic heterocycles. The zero-order valence-electron chi connectivity index (χ0n) is 14.2. The van der Waals surface area contributed by atoms with Crippen molar-refractivity contribution in [3.05, 3.63) is 71.2 Å². The summed E-state index contributed by atoms with van der Waals surface area (Å²) in [6, 6.07) is 17.6. The van der Waals surface area contributed by atoms with E-state index in [0.29, 0.717) is 0 Å². The van der Waals surface area contributed by atoms with E-state index in [9.17, 15) is 4.79 Å². The van der Waals surface area contributed by atoms with E-state index in [0.717, 1.165) is 27.6 Å². The minimum atomic E-state index is -0.129. The smallest absolute Gasteiger partial charge is 0.226 e. The summed E-state index contributed by atoms with van der Waals surface area (Å²) >= 11 is 1.55. The largest absolute Gasteiger partial charge is 0.496 e. The molecule has 2 aromatic carbocycles. The Bertz CT molecular complexity index is 846. The third-order valence-electron chi connectivity index (χ3n) is 3.90. The maximum atomic E-state index is 12.4. The number of para-hydroxylation sites is 1. The summed E-state index contributed by atoms with van der Waals surface area (Å²) in [5, 5.41) is 5.89. The van der Waals surface area contributed by atoms with Crippen LogP contribution in [-0.2, 0) is 11.2 Å². The summed E-state index contributed by atoms with van der Waals surface area (Å²) in [4.78, 5) is 16.9. The van der Waals surface area contributed by atoms with E-state index in [2.05, 4.69) is 10.3 Å². The molecule has 0 saturated heterocycles. The fourth-order valence-electron chi connectivity index (χ4n) is 2.66. The van der Waals surface area contributed by atoms with Gasteiger partial charge < -0.3 is 10.1 Å². The molecule has 0 spiro atoms. The van der Waals surface area contributed by atoms with E-state index in [1.54, 1.807) is 18.4 Å². The minimum absolute atomic E-state index is 0.0525. The van der Waals surface area contributed by atoms with E-state index in [4.69, 9.17) is 4.74 Å². The first-order valence-corrected chi connectivity index (χ1v) is 8.97. The van der Waals surface area contributed by atoms with Gasteiger partial charge in [-0.3, -0.25) is 4.79 Å². The zero-order chi connectivity index (χ0) is 17.6. The Morgan fingerprint density at radius 3 is 2.64 bits per heavy atom. The summed E-state index contributed by atoms with van der Waals surface area (Å²) in [5.74, 6) is 0.721. The van der Waals surface area contributed by atoms with Crippen molar-refractivity contribution in [3.8, 4) is 16.3 Å². The van der Waals surface area contributed by atoms with E-state index >= 15 is 0 Å². The van der Waals surface area contributed by atoms with Gasteiger partial charge in [0.2, 0.25) is 5.91 Å². The maximum absolute atomic E-state index is 12.4. The number of methoxy groups -OCH3 is 1. The Morgan fingerprint density at radius 2 is 1.88 bits per heavy atom. The lowest BCUT2D eigenvalue weighted by Crippen LogP contribution is -2.28. The van der Waals surface area contributed by atoms with Crippen molar-refractivity contribution in [3.63, 3.8) is 0 Å². The zero-order valence-corrected chi connectivity index (χ0v) is 15.0. The van der Waals surface area contributed by atoms with Crippen LogP contribution in [-0.4, -0.2) is 18.0 Å². The van der Waals surface area contributed by atoms with Crippen molar-refractivity contribution in [1.29, 1.82) is 0 Å². The van der Waals surface area contributed by atoms with Gasteiger partial charge in [-0.15, -0.1) is 11.3 Å². The average molecular weight is 352 g/mol. The molecular weight excluding hydrogens is 332 g/mol. The van der Waals surface area contributed by atoms with Gasteiger partial charge >= 0.3 is 0 Å². The molecule has 0 aliphatic carbocycles. The lowest BCUT2D eigenvalue weighted by molar-refractivity contribution is -0.121. The van der Waals surface area contributed by atoms with Gasteiger partial charge in [-0.05, 0) is 13.0 Å². The molecule has 1 N–H and O–H groups in total. The minimum Gasteiger partial charge on any atom is -0.496 e. The Morgan fingerprint density at radius 1 is 1.16 bits per heavy atom. The third-order valence-corrected chi connectivity index (χ3v) is 4.84. The number of carbonyl (C=O) groups excluding carboxylic acids is 1. The molecule has 0 fully saturated rings. The molecule has 1 atom stereocenters. The van der Waals surface area contributed by atoms with Crippen molar-refractivity contribution in [1.82, 2.24) is 10.3 Å². The Hall–Kier alpha value is -2.66. The topological polar surface area (TPSA) is 51.2 Å². The van der Waals surface area contributed by atoms with Crippen molar-refractivity contribution in [2.24, 2.45) is 0 Å². The number of carbonyl (C=O) groups is 1. The molecule has 128 valence electrons. The highest BCUT2D eigenvalue weighted by atomic mass is 32.1. The van der Waals surface area contributed by atoms with E-state index in [1.165, 1.54) is 0 Å². The van der Waals surface area contributed by atoms with Crippen LogP contribution < -0.4 is 10.1 Å². The van der Waals surface area contributed by atoms with Crippen molar-refractivity contribution in [2.45, 2.75) is 19.4 Å². The van der Waals surface area contributed by atoms with Gasteiger partial charge in [0, 0.05) is 16.5 Å².